The Bertz CT molecular complexity index is 1520. The first-order valence-electron chi connectivity index (χ1n) is 13.5. The van der Waals surface area contributed by atoms with Crippen LogP contribution in [0.1, 0.15) is 48.8 Å². The minimum Gasteiger partial charge on any atom is -0.463 e. The van der Waals surface area contributed by atoms with Gasteiger partial charge in [0.25, 0.3) is 0 Å². The lowest BCUT2D eigenvalue weighted by atomic mass is 9.83. The van der Waals surface area contributed by atoms with Crippen molar-refractivity contribution in [2.75, 3.05) is 19.6 Å². The van der Waals surface area contributed by atoms with Gasteiger partial charge in [-0.2, -0.15) is 0 Å². The van der Waals surface area contributed by atoms with Crippen molar-refractivity contribution in [3.63, 3.8) is 0 Å². The van der Waals surface area contributed by atoms with Gasteiger partial charge < -0.3 is 19.1 Å². The molecule has 0 saturated carbocycles. The normalized spacial score (nSPS) is 20.3. The maximum absolute atomic E-state index is 13.0. The summed E-state index contributed by atoms with van der Waals surface area (Å²) in [5.41, 5.74) is 4.85. The van der Waals surface area contributed by atoms with Gasteiger partial charge in [0, 0.05) is 34.5 Å². The van der Waals surface area contributed by atoms with Crippen molar-refractivity contribution in [1.82, 2.24) is 10.2 Å². The summed E-state index contributed by atoms with van der Waals surface area (Å²) >= 11 is 0. The predicted molar refractivity (Wildman–Crippen MR) is 146 cm³/mol. The van der Waals surface area contributed by atoms with Crippen LogP contribution in [0, 0.1) is 19.8 Å². The van der Waals surface area contributed by atoms with E-state index in [4.69, 9.17) is 8.83 Å². The molecular formula is C31H34N2O4. The molecule has 37 heavy (non-hydrogen) atoms. The van der Waals surface area contributed by atoms with E-state index in [0.717, 1.165) is 39.4 Å². The number of rotatable bonds is 5. The highest BCUT2D eigenvalue weighted by Crippen LogP contribution is 2.37. The van der Waals surface area contributed by atoms with Crippen molar-refractivity contribution in [1.29, 1.82) is 0 Å². The van der Waals surface area contributed by atoms with Crippen LogP contribution in [0.15, 0.2) is 56.3 Å². The van der Waals surface area contributed by atoms with E-state index in [1.807, 2.05) is 38.1 Å². The quantitative estimate of drug-likeness (QED) is 0.355. The molecule has 0 radical (unpaired) electrons. The fourth-order valence-corrected chi connectivity index (χ4v) is 6.53. The molecule has 2 aliphatic heterocycles. The van der Waals surface area contributed by atoms with Gasteiger partial charge in [0.1, 0.15) is 11.2 Å². The van der Waals surface area contributed by atoms with Gasteiger partial charge in [-0.25, -0.2) is 4.79 Å². The number of benzene rings is 2. The van der Waals surface area contributed by atoms with Crippen LogP contribution >= 0.6 is 0 Å². The lowest BCUT2D eigenvalue weighted by molar-refractivity contribution is -0.120. The molecule has 2 atom stereocenters. The van der Waals surface area contributed by atoms with Crippen LogP contribution in [-0.4, -0.2) is 36.5 Å². The van der Waals surface area contributed by atoms with Crippen molar-refractivity contribution < 1.29 is 13.6 Å². The lowest BCUT2D eigenvalue weighted by Gasteiger charge is -2.44. The largest absolute Gasteiger partial charge is 0.463 e. The van der Waals surface area contributed by atoms with E-state index in [-0.39, 0.29) is 12.3 Å². The lowest BCUT2D eigenvalue weighted by Crippen LogP contribution is -2.51. The molecule has 0 spiro atoms. The molecule has 4 heterocycles. The number of piperidine rings is 2. The zero-order valence-electron chi connectivity index (χ0n) is 21.6. The zero-order chi connectivity index (χ0) is 25.5. The first kappa shape index (κ1) is 24.0. The van der Waals surface area contributed by atoms with Crippen LogP contribution in [0.4, 0.5) is 0 Å². The van der Waals surface area contributed by atoms with Crippen LogP contribution < -0.4 is 10.9 Å². The van der Waals surface area contributed by atoms with E-state index in [0.29, 0.717) is 35.2 Å². The summed E-state index contributed by atoms with van der Waals surface area (Å²) in [5, 5.41) is 4.96. The number of carbonyl (C=O) groups excluding carboxylic acids is 1. The minimum atomic E-state index is -0.450. The number of fused-ring (bicyclic) bond motifs is 3. The Balaban J connectivity index is 1.28. The Morgan fingerprint density at radius 3 is 2.65 bits per heavy atom. The Morgan fingerprint density at radius 1 is 1.00 bits per heavy atom. The number of nitrogens with zero attached hydrogens (tertiary/aromatic N) is 1. The second-order valence-corrected chi connectivity index (χ2v) is 10.7. The molecule has 6 heteroatoms. The summed E-state index contributed by atoms with van der Waals surface area (Å²) in [6.45, 7) is 6.86. The van der Waals surface area contributed by atoms with E-state index in [1.165, 1.54) is 38.8 Å². The Kier molecular flexibility index (Phi) is 6.37. The highest BCUT2D eigenvalue weighted by Gasteiger charge is 2.33. The number of nitrogens with one attached hydrogen (secondary N) is 1. The molecule has 2 aliphatic rings. The van der Waals surface area contributed by atoms with Crippen molar-refractivity contribution in [3.8, 4) is 11.1 Å². The molecule has 1 amide bonds. The molecule has 0 bridgehead atoms. The SMILES string of the molecule is Cc1c(CC(=O)NC[C@@H]2CCCN3CCCC[C@@H]23)c(=O)oc2c(C)c3occ(-c4ccccc4)c3cc12. The molecule has 1 N–H and O–H groups in total. The number of hydrogen-bond donors (Lipinski definition) is 1. The summed E-state index contributed by atoms with van der Waals surface area (Å²) in [5.74, 6) is 0.370. The summed E-state index contributed by atoms with van der Waals surface area (Å²) in [6, 6.07) is 12.7. The Labute approximate surface area is 216 Å². The standard InChI is InChI=1S/C31H34N2O4/c1-19-23-15-25-26(21-9-4-3-5-10-21)18-36-29(25)20(2)30(23)37-31(35)24(19)16-28(34)32-17-22-11-8-14-33-13-7-6-12-27(22)33/h3-5,9-10,15,18,22,27H,6-8,11-14,16-17H2,1-2H3,(H,32,34)/t22-,27-/m0/s1. The highest BCUT2D eigenvalue weighted by atomic mass is 16.4. The number of aryl methyl sites for hydroxylation is 2. The van der Waals surface area contributed by atoms with Gasteiger partial charge in [-0.15, -0.1) is 0 Å². The average Bonchev–Trinajstić information content (AvgIpc) is 3.35. The van der Waals surface area contributed by atoms with E-state index >= 15 is 0 Å². The molecule has 6 nitrogen and oxygen atoms in total. The number of amides is 1. The molecule has 0 unspecified atom stereocenters. The third kappa shape index (κ3) is 4.37. The second-order valence-electron chi connectivity index (χ2n) is 10.7. The van der Waals surface area contributed by atoms with Crippen molar-refractivity contribution >= 4 is 27.8 Å². The van der Waals surface area contributed by atoms with Crippen molar-refractivity contribution in [3.05, 3.63) is 69.8 Å². The second kappa shape index (κ2) is 9.82. The van der Waals surface area contributed by atoms with Gasteiger partial charge in [0.15, 0.2) is 0 Å². The van der Waals surface area contributed by atoms with Gasteiger partial charge in [0.2, 0.25) is 5.91 Å². The van der Waals surface area contributed by atoms with Crippen LogP contribution in [0.3, 0.4) is 0 Å². The first-order valence-corrected chi connectivity index (χ1v) is 13.5. The predicted octanol–water partition coefficient (Wildman–Crippen LogP) is 5.75. The molecule has 2 fully saturated rings. The fraction of sp³-hybridized carbons (Fsp3) is 0.419. The fourth-order valence-electron chi connectivity index (χ4n) is 6.53. The molecular weight excluding hydrogens is 464 g/mol. The molecule has 192 valence electrons. The third-order valence-corrected chi connectivity index (χ3v) is 8.55. The van der Waals surface area contributed by atoms with E-state index in [2.05, 4.69) is 22.3 Å². The van der Waals surface area contributed by atoms with Crippen molar-refractivity contribution in [2.45, 2.75) is 58.4 Å². The van der Waals surface area contributed by atoms with Gasteiger partial charge in [-0.3, -0.25) is 4.79 Å². The van der Waals surface area contributed by atoms with Gasteiger partial charge in [0.05, 0.1) is 18.2 Å². The summed E-state index contributed by atoms with van der Waals surface area (Å²) in [7, 11) is 0. The molecule has 2 aromatic heterocycles. The minimum absolute atomic E-state index is 0.0270. The number of carbonyl (C=O) groups is 1. The Hall–Kier alpha value is -3.38. The summed E-state index contributed by atoms with van der Waals surface area (Å²) in [6.07, 6.45) is 7.91. The Morgan fingerprint density at radius 2 is 1.81 bits per heavy atom. The van der Waals surface area contributed by atoms with Crippen LogP contribution in [0.25, 0.3) is 33.1 Å². The van der Waals surface area contributed by atoms with Crippen molar-refractivity contribution in [2.24, 2.45) is 5.92 Å². The van der Waals surface area contributed by atoms with E-state index in [9.17, 15) is 9.59 Å². The molecule has 6 rings (SSSR count). The van der Waals surface area contributed by atoms with Gasteiger partial charge >= 0.3 is 5.63 Å². The molecule has 4 aromatic rings. The topological polar surface area (TPSA) is 75.7 Å². The maximum Gasteiger partial charge on any atom is 0.340 e. The average molecular weight is 499 g/mol. The smallest absolute Gasteiger partial charge is 0.340 e. The van der Waals surface area contributed by atoms with Gasteiger partial charge in [-0.05, 0) is 75.7 Å². The van der Waals surface area contributed by atoms with Crippen LogP contribution in [-0.2, 0) is 11.2 Å². The third-order valence-electron chi connectivity index (χ3n) is 8.55. The van der Waals surface area contributed by atoms with Crippen LogP contribution in [0.5, 0.6) is 0 Å². The number of furan rings is 1. The monoisotopic (exact) mass is 498 g/mol. The highest BCUT2D eigenvalue weighted by molar-refractivity contribution is 6.05. The number of hydrogen-bond acceptors (Lipinski definition) is 5. The van der Waals surface area contributed by atoms with Gasteiger partial charge in [-0.1, -0.05) is 36.8 Å². The molecule has 0 aliphatic carbocycles. The van der Waals surface area contributed by atoms with E-state index < -0.39 is 5.63 Å². The first-order chi connectivity index (χ1) is 18.0. The molecule has 2 saturated heterocycles. The maximum atomic E-state index is 13.0. The summed E-state index contributed by atoms with van der Waals surface area (Å²) < 4.78 is 11.7. The zero-order valence-corrected chi connectivity index (χ0v) is 21.6. The molecule has 2 aromatic carbocycles. The van der Waals surface area contributed by atoms with Crippen LogP contribution in [0.2, 0.25) is 0 Å². The summed E-state index contributed by atoms with van der Waals surface area (Å²) in [4.78, 5) is 28.6. The van der Waals surface area contributed by atoms with E-state index in [1.54, 1.807) is 6.26 Å².